The van der Waals surface area contributed by atoms with E-state index in [1.807, 2.05) is 0 Å². The zero-order valence-electron chi connectivity index (χ0n) is 13.1. The van der Waals surface area contributed by atoms with Crippen molar-refractivity contribution in [1.82, 2.24) is 0 Å². The number of methoxy groups -OCH3 is 2. The van der Waals surface area contributed by atoms with Gasteiger partial charge in [0.05, 0.1) is 14.2 Å². The Morgan fingerprint density at radius 3 is 1.73 bits per heavy atom. The monoisotopic (exact) mass is 310 g/mol. The zero-order chi connectivity index (χ0) is 16.9. The molecule has 0 saturated heterocycles. The first kappa shape index (κ1) is 17.5. The highest BCUT2D eigenvalue weighted by molar-refractivity contribution is 5.85. The highest BCUT2D eigenvalue weighted by Crippen LogP contribution is 2.40. The summed E-state index contributed by atoms with van der Waals surface area (Å²) in [6.45, 7) is 3.74. The van der Waals surface area contributed by atoms with Crippen LogP contribution in [0.1, 0.15) is 32.4 Å². The highest BCUT2D eigenvalue weighted by atomic mass is 16.6. The maximum atomic E-state index is 11.7. The van der Waals surface area contributed by atoms with Crippen LogP contribution < -0.4 is 14.2 Å². The molecule has 22 heavy (non-hydrogen) atoms. The first-order chi connectivity index (χ1) is 10.3. The molecular formula is C15H18O7. The van der Waals surface area contributed by atoms with E-state index in [0.717, 1.165) is 0 Å². The average Bonchev–Trinajstić information content (AvgIpc) is 2.43. The molecule has 1 rings (SSSR count). The average molecular weight is 310 g/mol. The minimum Gasteiger partial charge on any atom is -0.493 e. The molecule has 1 unspecified atom stereocenters. The lowest BCUT2D eigenvalue weighted by molar-refractivity contribution is -0.152. The molecular weight excluding hydrogens is 292 g/mol. The van der Waals surface area contributed by atoms with E-state index in [9.17, 15) is 14.4 Å². The van der Waals surface area contributed by atoms with Crippen molar-refractivity contribution in [3.63, 3.8) is 0 Å². The van der Waals surface area contributed by atoms with Crippen molar-refractivity contribution in [1.29, 1.82) is 0 Å². The van der Waals surface area contributed by atoms with Crippen LogP contribution in [0.4, 0.5) is 0 Å². The number of carbonyl (C=O) groups is 3. The number of hydrogen-bond acceptors (Lipinski definition) is 7. The van der Waals surface area contributed by atoms with E-state index in [0.29, 0.717) is 5.56 Å². The fourth-order valence-electron chi connectivity index (χ4n) is 1.85. The maximum Gasteiger partial charge on any atom is 0.308 e. The van der Waals surface area contributed by atoms with Gasteiger partial charge in [0.2, 0.25) is 5.75 Å². The standard InChI is InChI=1S/C15H18O7/c1-8(16)14(21-9(2)17)11-6-12(19-4)15(22-10(3)18)13(7-11)20-5/h6-7,14H,1-5H3. The van der Waals surface area contributed by atoms with Crippen LogP contribution in [-0.4, -0.2) is 31.9 Å². The molecule has 0 radical (unpaired) electrons. The number of ether oxygens (including phenoxy) is 4. The molecule has 0 amide bonds. The molecule has 0 saturated carbocycles. The summed E-state index contributed by atoms with van der Waals surface area (Å²) < 4.78 is 20.4. The number of carbonyl (C=O) groups excluding carboxylic acids is 3. The fraction of sp³-hybridized carbons (Fsp3) is 0.400. The highest BCUT2D eigenvalue weighted by Gasteiger charge is 2.25. The Hall–Kier alpha value is -2.57. The van der Waals surface area contributed by atoms with E-state index in [1.54, 1.807) is 0 Å². The topological polar surface area (TPSA) is 88.1 Å². The van der Waals surface area contributed by atoms with Crippen molar-refractivity contribution in [2.75, 3.05) is 14.2 Å². The van der Waals surface area contributed by atoms with Gasteiger partial charge in [-0.15, -0.1) is 0 Å². The van der Waals surface area contributed by atoms with Crippen LogP contribution in [0, 0.1) is 0 Å². The summed E-state index contributed by atoms with van der Waals surface area (Å²) in [5.74, 6) is -1.05. The van der Waals surface area contributed by atoms with Gasteiger partial charge in [-0.3, -0.25) is 14.4 Å². The molecule has 1 aromatic rings. The molecule has 0 heterocycles. The molecule has 7 nitrogen and oxygen atoms in total. The van der Waals surface area contributed by atoms with Gasteiger partial charge in [-0.1, -0.05) is 0 Å². The van der Waals surface area contributed by atoms with E-state index in [2.05, 4.69) is 0 Å². The fourth-order valence-corrected chi connectivity index (χ4v) is 1.85. The van der Waals surface area contributed by atoms with E-state index in [-0.39, 0.29) is 23.0 Å². The summed E-state index contributed by atoms with van der Waals surface area (Å²) in [5, 5.41) is 0. The van der Waals surface area contributed by atoms with Crippen LogP contribution in [0.2, 0.25) is 0 Å². The predicted octanol–water partition coefficient (Wildman–Crippen LogP) is 1.82. The molecule has 0 bridgehead atoms. The lowest BCUT2D eigenvalue weighted by atomic mass is 10.0. The summed E-state index contributed by atoms with van der Waals surface area (Å²) in [7, 11) is 2.75. The van der Waals surface area contributed by atoms with E-state index in [4.69, 9.17) is 18.9 Å². The van der Waals surface area contributed by atoms with Crippen molar-refractivity contribution in [3.8, 4) is 17.2 Å². The number of ketones is 1. The summed E-state index contributed by atoms with van der Waals surface area (Å²) in [6.07, 6.45) is -1.09. The Bertz CT molecular complexity index is 567. The number of Topliss-reactive ketones (excluding diaryl/α,β-unsaturated/α-hetero) is 1. The summed E-state index contributed by atoms with van der Waals surface area (Å²) in [6, 6.07) is 2.91. The predicted molar refractivity (Wildman–Crippen MR) is 76.0 cm³/mol. The third kappa shape index (κ3) is 4.21. The van der Waals surface area contributed by atoms with E-state index >= 15 is 0 Å². The zero-order valence-corrected chi connectivity index (χ0v) is 13.1. The van der Waals surface area contributed by atoms with Gasteiger partial charge >= 0.3 is 11.9 Å². The van der Waals surface area contributed by atoms with Crippen molar-refractivity contribution in [2.45, 2.75) is 26.9 Å². The molecule has 0 spiro atoms. The van der Waals surface area contributed by atoms with Crippen LogP contribution in [0.5, 0.6) is 17.2 Å². The summed E-state index contributed by atoms with van der Waals surface area (Å²) in [4.78, 5) is 34.0. The van der Waals surface area contributed by atoms with E-state index < -0.39 is 18.0 Å². The molecule has 0 aliphatic heterocycles. The molecule has 0 aromatic heterocycles. The molecule has 7 heteroatoms. The van der Waals surface area contributed by atoms with E-state index in [1.165, 1.54) is 47.1 Å². The van der Waals surface area contributed by atoms with Crippen LogP contribution in [0.3, 0.4) is 0 Å². The second kappa shape index (κ2) is 7.44. The smallest absolute Gasteiger partial charge is 0.308 e. The second-order valence-electron chi connectivity index (χ2n) is 4.45. The molecule has 0 N–H and O–H groups in total. The Balaban J connectivity index is 3.40. The van der Waals surface area contributed by atoms with Crippen molar-refractivity contribution < 1.29 is 33.3 Å². The number of benzene rings is 1. The Labute approximate surface area is 128 Å². The van der Waals surface area contributed by atoms with Gasteiger partial charge in [0.25, 0.3) is 0 Å². The molecule has 1 atom stereocenters. The van der Waals surface area contributed by atoms with Gasteiger partial charge in [0.1, 0.15) is 0 Å². The molecule has 0 fully saturated rings. The van der Waals surface area contributed by atoms with Crippen LogP contribution >= 0.6 is 0 Å². The van der Waals surface area contributed by atoms with Gasteiger partial charge in [-0.25, -0.2) is 0 Å². The third-order valence-corrected chi connectivity index (χ3v) is 2.68. The Kier molecular flexibility index (Phi) is 5.91. The van der Waals surface area contributed by atoms with Gasteiger partial charge in [0.15, 0.2) is 23.4 Å². The maximum absolute atomic E-state index is 11.7. The summed E-state index contributed by atoms with van der Waals surface area (Å²) in [5.41, 5.74) is 0.354. The molecule has 0 aliphatic carbocycles. The lowest BCUT2D eigenvalue weighted by Gasteiger charge is -2.18. The largest absolute Gasteiger partial charge is 0.493 e. The van der Waals surface area contributed by atoms with Crippen molar-refractivity contribution in [3.05, 3.63) is 17.7 Å². The lowest BCUT2D eigenvalue weighted by Crippen LogP contribution is -2.16. The molecule has 1 aromatic carbocycles. The number of rotatable bonds is 6. The minimum absolute atomic E-state index is 0.0892. The van der Waals surface area contributed by atoms with Gasteiger partial charge < -0.3 is 18.9 Å². The number of esters is 2. The molecule has 120 valence electrons. The Morgan fingerprint density at radius 1 is 0.909 bits per heavy atom. The molecule has 0 aliphatic rings. The first-order valence-electron chi connectivity index (χ1n) is 6.42. The second-order valence-corrected chi connectivity index (χ2v) is 4.45. The minimum atomic E-state index is -1.09. The summed E-state index contributed by atoms with van der Waals surface area (Å²) >= 11 is 0. The van der Waals surface area contributed by atoms with Gasteiger partial charge in [-0.05, 0) is 19.1 Å². The van der Waals surface area contributed by atoms with Crippen LogP contribution in [-0.2, 0) is 19.1 Å². The van der Waals surface area contributed by atoms with Gasteiger partial charge in [-0.2, -0.15) is 0 Å². The van der Waals surface area contributed by atoms with Crippen molar-refractivity contribution >= 4 is 17.7 Å². The first-order valence-corrected chi connectivity index (χ1v) is 6.42. The quantitative estimate of drug-likeness (QED) is 0.585. The normalized spacial score (nSPS) is 11.3. The van der Waals surface area contributed by atoms with Crippen molar-refractivity contribution in [2.24, 2.45) is 0 Å². The third-order valence-electron chi connectivity index (χ3n) is 2.68. The number of hydrogen-bond donors (Lipinski definition) is 0. The van der Waals surface area contributed by atoms with Gasteiger partial charge in [0, 0.05) is 19.4 Å². The van der Waals surface area contributed by atoms with Crippen LogP contribution in [0.15, 0.2) is 12.1 Å². The SMILES string of the molecule is COc1cc(C(OC(C)=O)C(C)=O)cc(OC)c1OC(C)=O. The Morgan fingerprint density at radius 2 is 1.41 bits per heavy atom. The van der Waals surface area contributed by atoms with Crippen LogP contribution in [0.25, 0.3) is 0 Å².